The summed E-state index contributed by atoms with van der Waals surface area (Å²) in [6.07, 6.45) is 2.84. The van der Waals surface area contributed by atoms with E-state index in [-0.39, 0.29) is 11.3 Å². The van der Waals surface area contributed by atoms with Gasteiger partial charge >= 0.3 is 6.18 Å². The number of amides is 1. The predicted octanol–water partition coefficient (Wildman–Crippen LogP) is 5.40. The van der Waals surface area contributed by atoms with Crippen molar-refractivity contribution >= 4 is 35.8 Å². The van der Waals surface area contributed by atoms with Crippen molar-refractivity contribution < 1.29 is 22.7 Å². The quantitative estimate of drug-likeness (QED) is 0.202. The van der Waals surface area contributed by atoms with Crippen LogP contribution < -0.4 is 20.7 Å². The van der Waals surface area contributed by atoms with Crippen LogP contribution in [-0.2, 0) is 6.18 Å². The number of methoxy groups -OCH3 is 1. The molecule has 1 aliphatic heterocycles. The molecule has 43 heavy (non-hydrogen) atoms. The van der Waals surface area contributed by atoms with Crippen molar-refractivity contribution in [2.45, 2.75) is 32.0 Å². The molecule has 0 spiro atoms. The number of carbonyl (C=O) groups excluding carboxylic acids is 1. The summed E-state index contributed by atoms with van der Waals surface area (Å²) in [5, 5.41) is 9.06. The highest BCUT2D eigenvalue weighted by molar-refractivity contribution is 6.05. The van der Waals surface area contributed by atoms with Gasteiger partial charge in [-0.25, -0.2) is 9.98 Å². The van der Waals surface area contributed by atoms with E-state index in [9.17, 15) is 18.0 Å². The highest BCUT2D eigenvalue weighted by Crippen LogP contribution is 2.31. The molecule has 1 aliphatic rings. The third-order valence-electron chi connectivity index (χ3n) is 7.09. The number of hydrogen-bond donors (Lipinski definition) is 3. The molecule has 0 bridgehead atoms. The Kier molecular flexibility index (Phi) is 10.2. The minimum absolute atomic E-state index is 0.0128. The van der Waals surface area contributed by atoms with Crippen LogP contribution in [0.2, 0.25) is 0 Å². The van der Waals surface area contributed by atoms with Crippen molar-refractivity contribution in [2.75, 3.05) is 44.4 Å². The Balaban J connectivity index is 1.52. The molecule has 3 aromatic rings. The van der Waals surface area contributed by atoms with Crippen LogP contribution in [0.5, 0.6) is 5.75 Å². The van der Waals surface area contributed by atoms with Crippen LogP contribution in [0, 0.1) is 0 Å². The summed E-state index contributed by atoms with van der Waals surface area (Å²) < 4.78 is 46.5. The van der Waals surface area contributed by atoms with Crippen molar-refractivity contribution in [1.29, 1.82) is 0 Å². The van der Waals surface area contributed by atoms with E-state index in [1.54, 1.807) is 42.2 Å². The van der Waals surface area contributed by atoms with Crippen molar-refractivity contribution in [3.05, 3.63) is 77.9 Å². The smallest absolute Gasteiger partial charge is 0.416 e. The second kappa shape index (κ2) is 14.0. The van der Waals surface area contributed by atoms with Gasteiger partial charge in [-0.3, -0.25) is 19.3 Å². The standard InChI is InChI=1S/C30H35F3N8O2/c1-5-40-12-7-10-24(40)19-37-26(34-2)18-27(35-3)41-13-11-36-29(41)39-23-14-20(15-25(17-23)43-4)28(42)38-22-9-6-8-21(16-22)30(31,32)33/h6,8-9,11,13-18,24,37H,2,5,7,10,12,19H2,1,3-4H3,(H,36,39)(H,38,42)/b26-18+,35-27?. The fraction of sp³-hybridized carbons (Fsp3) is 0.333. The summed E-state index contributed by atoms with van der Waals surface area (Å²) in [6, 6.07) is 9.55. The molecule has 1 fully saturated rings. The first-order chi connectivity index (χ1) is 20.6. The number of alkyl halides is 3. The molecule has 13 heteroatoms. The van der Waals surface area contributed by atoms with Crippen LogP contribution in [-0.4, -0.2) is 72.7 Å². The van der Waals surface area contributed by atoms with Crippen molar-refractivity contribution in [1.82, 2.24) is 19.8 Å². The number of hydrogen-bond acceptors (Lipinski definition) is 8. The summed E-state index contributed by atoms with van der Waals surface area (Å²) in [5.41, 5.74) is -0.226. The Labute approximate surface area is 248 Å². The molecule has 2 aromatic carbocycles. The van der Waals surface area contributed by atoms with Crippen LogP contribution in [0.1, 0.15) is 35.7 Å². The number of aliphatic imine (C=N–C) groups is 2. The topological polar surface area (TPSA) is 108 Å². The summed E-state index contributed by atoms with van der Waals surface area (Å²) in [5.74, 6) is 1.24. The molecule has 0 radical (unpaired) electrons. The number of halogens is 3. The van der Waals surface area contributed by atoms with Crippen LogP contribution in [0.25, 0.3) is 0 Å². The van der Waals surface area contributed by atoms with Gasteiger partial charge in [-0.15, -0.1) is 0 Å². The van der Waals surface area contributed by atoms with Gasteiger partial charge in [0.25, 0.3) is 5.91 Å². The number of imidazole rings is 1. The summed E-state index contributed by atoms with van der Waals surface area (Å²) in [7, 11) is 3.09. The van der Waals surface area contributed by atoms with Crippen LogP contribution in [0.3, 0.4) is 0 Å². The van der Waals surface area contributed by atoms with Gasteiger partial charge in [0, 0.05) is 61.1 Å². The lowest BCUT2D eigenvalue weighted by atomic mass is 10.1. The average molecular weight is 597 g/mol. The highest BCUT2D eigenvalue weighted by atomic mass is 19.4. The molecule has 1 aromatic heterocycles. The van der Waals surface area contributed by atoms with Crippen LogP contribution >= 0.6 is 0 Å². The third-order valence-corrected chi connectivity index (χ3v) is 7.09. The fourth-order valence-corrected chi connectivity index (χ4v) is 4.89. The van der Waals surface area contributed by atoms with E-state index >= 15 is 0 Å². The Bertz CT molecular complexity index is 1500. The molecule has 3 N–H and O–H groups in total. The third kappa shape index (κ3) is 8.01. The van der Waals surface area contributed by atoms with Crippen LogP contribution in [0.4, 0.5) is 30.5 Å². The summed E-state index contributed by atoms with van der Waals surface area (Å²) in [6.45, 7) is 8.68. The molecule has 1 atom stereocenters. The lowest BCUT2D eigenvalue weighted by molar-refractivity contribution is -0.137. The molecule has 10 nitrogen and oxygen atoms in total. The zero-order chi connectivity index (χ0) is 31.0. The van der Waals surface area contributed by atoms with Crippen molar-refractivity contribution in [3.8, 4) is 5.75 Å². The van der Waals surface area contributed by atoms with E-state index in [1.165, 1.54) is 31.7 Å². The zero-order valence-corrected chi connectivity index (χ0v) is 24.3. The largest absolute Gasteiger partial charge is 0.497 e. The van der Waals surface area contributed by atoms with E-state index in [1.807, 2.05) is 0 Å². The molecule has 1 amide bonds. The Morgan fingerprint density at radius 2 is 2.05 bits per heavy atom. The number of benzene rings is 2. The number of nitrogens with zero attached hydrogens (tertiary/aromatic N) is 5. The minimum atomic E-state index is -4.53. The van der Waals surface area contributed by atoms with Crippen LogP contribution in [0.15, 0.2) is 76.7 Å². The minimum Gasteiger partial charge on any atom is -0.497 e. The first kappa shape index (κ1) is 31.3. The van der Waals surface area contributed by atoms with Gasteiger partial charge < -0.3 is 20.7 Å². The van der Waals surface area contributed by atoms with Crippen molar-refractivity contribution in [2.24, 2.45) is 9.98 Å². The summed E-state index contributed by atoms with van der Waals surface area (Å²) in [4.78, 5) is 28.4. The maximum Gasteiger partial charge on any atom is 0.416 e. The molecular formula is C30H35F3N8O2. The number of likely N-dealkylation sites (N-methyl/N-ethyl adjacent to an activating group) is 1. The number of nitrogens with one attached hydrogen (secondary N) is 3. The van der Waals surface area contributed by atoms with Gasteiger partial charge in [-0.05, 0) is 63.0 Å². The molecule has 0 aliphatic carbocycles. The van der Waals surface area contributed by atoms with Gasteiger partial charge in [-0.2, -0.15) is 13.2 Å². The monoisotopic (exact) mass is 596 g/mol. The van der Waals surface area contributed by atoms with E-state index in [2.05, 4.69) is 49.5 Å². The SMILES string of the molecule is C=N/C(=C\C(=NC)n1ccnc1Nc1cc(OC)cc(C(=O)Nc2cccc(C(F)(F)F)c2)c1)NCC1CCCN1CC. The van der Waals surface area contributed by atoms with Crippen molar-refractivity contribution in [3.63, 3.8) is 0 Å². The Morgan fingerprint density at radius 3 is 2.74 bits per heavy atom. The normalized spacial score (nSPS) is 16.2. The molecular weight excluding hydrogens is 561 g/mol. The number of rotatable bonds is 11. The Morgan fingerprint density at radius 1 is 1.23 bits per heavy atom. The highest BCUT2D eigenvalue weighted by Gasteiger charge is 2.30. The first-order valence-electron chi connectivity index (χ1n) is 13.8. The van der Waals surface area contributed by atoms with Gasteiger partial charge in [0.2, 0.25) is 5.95 Å². The lowest BCUT2D eigenvalue weighted by Gasteiger charge is -2.23. The summed E-state index contributed by atoms with van der Waals surface area (Å²) >= 11 is 0. The lowest BCUT2D eigenvalue weighted by Crippen LogP contribution is -2.37. The van der Waals surface area contributed by atoms with E-state index in [0.29, 0.717) is 35.1 Å². The number of anilines is 3. The number of allylic oxidation sites excluding steroid dienone is 1. The molecule has 1 saturated heterocycles. The van der Waals surface area contributed by atoms with Gasteiger partial charge in [0.1, 0.15) is 17.4 Å². The molecule has 2 heterocycles. The van der Waals surface area contributed by atoms with E-state index < -0.39 is 17.6 Å². The van der Waals surface area contributed by atoms with Gasteiger partial charge in [-0.1, -0.05) is 13.0 Å². The first-order valence-corrected chi connectivity index (χ1v) is 13.8. The van der Waals surface area contributed by atoms with Gasteiger partial charge in [0.15, 0.2) is 0 Å². The zero-order valence-electron chi connectivity index (χ0n) is 24.3. The second-order valence-corrected chi connectivity index (χ2v) is 9.80. The predicted molar refractivity (Wildman–Crippen MR) is 163 cm³/mol. The molecule has 0 saturated carbocycles. The maximum atomic E-state index is 13.1. The number of ether oxygens (including phenoxy) is 1. The molecule has 4 rings (SSSR count). The van der Waals surface area contributed by atoms with E-state index in [0.717, 1.165) is 38.2 Å². The number of aromatic nitrogens is 2. The number of likely N-dealkylation sites (tertiary alicyclic amines) is 1. The molecule has 228 valence electrons. The fourth-order valence-electron chi connectivity index (χ4n) is 4.89. The van der Waals surface area contributed by atoms with Gasteiger partial charge in [0.05, 0.1) is 12.7 Å². The molecule has 1 unspecified atom stereocenters. The van der Waals surface area contributed by atoms with E-state index in [4.69, 9.17) is 4.74 Å². The maximum absolute atomic E-state index is 13.1. The average Bonchev–Trinajstić information content (AvgIpc) is 3.66. The number of carbonyl (C=O) groups is 1. The second-order valence-electron chi connectivity index (χ2n) is 9.80. The Hall–Kier alpha value is -4.65.